The van der Waals surface area contributed by atoms with Gasteiger partial charge in [0.25, 0.3) is 5.56 Å². The molecule has 0 amide bonds. The lowest BCUT2D eigenvalue weighted by atomic mass is 9.95. The van der Waals surface area contributed by atoms with Crippen LogP contribution in [0.15, 0.2) is 65.7 Å². The zero-order valence-corrected chi connectivity index (χ0v) is 19.9. The third kappa shape index (κ3) is 4.12. The summed E-state index contributed by atoms with van der Waals surface area (Å²) in [4.78, 5) is 36.6. The molecule has 0 bridgehead atoms. The summed E-state index contributed by atoms with van der Waals surface area (Å²) in [6, 6.07) is 14.4. The van der Waals surface area contributed by atoms with Crippen molar-refractivity contribution in [3.05, 3.63) is 99.2 Å². The standard InChI is InChI=1S/C27H27N5O3/c1-16-12-21(18(3)29-23-10-5-4-8-20(23)27(34)35)25-30-24(17(2)26(33)32(25)13-16)31-14-19(15-31)22-9-6-7-11-28-22/h4-13,18-19,29H,14-15H2,1-3H3,(H,34,35)/t18-/m1/s1. The van der Waals surface area contributed by atoms with Gasteiger partial charge in [0.2, 0.25) is 0 Å². The fraction of sp³-hybridized carbons (Fsp3) is 0.259. The molecule has 8 heteroatoms. The van der Waals surface area contributed by atoms with Crippen LogP contribution in [-0.2, 0) is 0 Å². The highest BCUT2D eigenvalue weighted by Gasteiger charge is 2.32. The fourth-order valence-electron chi connectivity index (χ4n) is 4.67. The Morgan fingerprint density at radius 3 is 2.60 bits per heavy atom. The summed E-state index contributed by atoms with van der Waals surface area (Å²) in [5.74, 6) is -0.00577. The van der Waals surface area contributed by atoms with Crippen LogP contribution in [0.1, 0.15) is 51.6 Å². The van der Waals surface area contributed by atoms with Gasteiger partial charge in [-0.1, -0.05) is 18.2 Å². The van der Waals surface area contributed by atoms with E-state index in [1.54, 1.807) is 41.1 Å². The number of pyridine rings is 2. The highest BCUT2D eigenvalue weighted by Crippen LogP contribution is 2.32. The lowest BCUT2D eigenvalue weighted by Crippen LogP contribution is -2.47. The lowest BCUT2D eigenvalue weighted by Gasteiger charge is -2.40. The smallest absolute Gasteiger partial charge is 0.337 e. The van der Waals surface area contributed by atoms with E-state index < -0.39 is 5.97 Å². The van der Waals surface area contributed by atoms with E-state index in [0.29, 0.717) is 28.6 Å². The molecule has 0 aliphatic carbocycles. The number of hydrogen-bond donors (Lipinski definition) is 2. The topological polar surface area (TPSA) is 99.8 Å². The van der Waals surface area contributed by atoms with E-state index in [-0.39, 0.29) is 17.2 Å². The number of para-hydroxylation sites is 1. The summed E-state index contributed by atoms with van der Waals surface area (Å²) in [6.45, 7) is 7.20. The normalized spacial score (nSPS) is 14.5. The molecule has 0 radical (unpaired) electrons. The maximum absolute atomic E-state index is 13.4. The predicted molar refractivity (Wildman–Crippen MR) is 136 cm³/mol. The number of carbonyl (C=O) groups is 1. The van der Waals surface area contributed by atoms with Gasteiger partial charge in [-0.2, -0.15) is 0 Å². The number of rotatable bonds is 6. The van der Waals surface area contributed by atoms with Gasteiger partial charge in [0.1, 0.15) is 11.5 Å². The Morgan fingerprint density at radius 1 is 1.14 bits per heavy atom. The first-order chi connectivity index (χ1) is 16.8. The van der Waals surface area contributed by atoms with Crippen molar-refractivity contribution in [2.75, 3.05) is 23.3 Å². The molecule has 1 saturated heterocycles. The number of carboxylic acid groups (broad SMARTS) is 1. The average Bonchev–Trinajstić information content (AvgIpc) is 2.82. The highest BCUT2D eigenvalue weighted by atomic mass is 16.4. The summed E-state index contributed by atoms with van der Waals surface area (Å²) in [7, 11) is 0. The van der Waals surface area contributed by atoms with Crippen molar-refractivity contribution in [1.29, 1.82) is 0 Å². The molecule has 8 nitrogen and oxygen atoms in total. The maximum Gasteiger partial charge on any atom is 0.337 e. The first-order valence-corrected chi connectivity index (χ1v) is 11.6. The summed E-state index contributed by atoms with van der Waals surface area (Å²) < 4.78 is 1.60. The second-order valence-electron chi connectivity index (χ2n) is 9.11. The Balaban J connectivity index is 1.52. The number of fused-ring (bicyclic) bond motifs is 1. The van der Waals surface area contributed by atoms with Gasteiger partial charge in [-0.15, -0.1) is 0 Å². The molecule has 5 rings (SSSR count). The molecule has 1 atom stereocenters. The number of benzene rings is 1. The first kappa shape index (κ1) is 22.6. The van der Waals surface area contributed by atoms with Gasteiger partial charge in [-0.3, -0.25) is 14.2 Å². The van der Waals surface area contributed by atoms with Crippen molar-refractivity contribution in [3.63, 3.8) is 0 Å². The fourth-order valence-corrected chi connectivity index (χ4v) is 4.67. The van der Waals surface area contributed by atoms with E-state index in [0.717, 1.165) is 29.9 Å². The van der Waals surface area contributed by atoms with Crippen molar-refractivity contribution < 1.29 is 9.90 Å². The SMILES string of the molecule is Cc1cc([C@@H](C)Nc2ccccc2C(=O)O)c2nc(N3CC(c4ccccn4)C3)c(C)c(=O)n2c1. The Labute approximate surface area is 202 Å². The second kappa shape index (κ2) is 8.87. The zero-order valence-electron chi connectivity index (χ0n) is 19.9. The van der Waals surface area contributed by atoms with Gasteiger partial charge in [-0.25, -0.2) is 9.78 Å². The van der Waals surface area contributed by atoms with E-state index >= 15 is 0 Å². The largest absolute Gasteiger partial charge is 0.478 e. The van der Waals surface area contributed by atoms with E-state index in [9.17, 15) is 14.7 Å². The van der Waals surface area contributed by atoms with Crippen molar-refractivity contribution in [2.24, 2.45) is 0 Å². The number of aromatic carboxylic acids is 1. The van der Waals surface area contributed by atoms with Crippen LogP contribution >= 0.6 is 0 Å². The van der Waals surface area contributed by atoms with Crippen molar-refractivity contribution in [1.82, 2.24) is 14.4 Å². The van der Waals surface area contributed by atoms with Gasteiger partial charge in [0, 0.05) is 48.3 Å². The van der Waals surface area contributed by atoms with Gasteiger partial charge < -0.3 is 15.3 Å². The van der Waals surface area contributed by atoms with Crippen LogP contribution in [0.2, 0.25) is 0 Å². The second-order valence-corrected chi connectivity index (χ2v) is 9.11. The summed E-state index contributed by atoms with van der Waals surface area (Å²) in [6.07, 6.45) is 3.60. The number of carboxylic acids is 1. The molecule has 0 spiro atoms. The van der Waals surface area contributed by atoms with Gasteiger partial charge >= 0.3 is 5.97 Å². The number of hydrogen-bond acceptors (Lipinski definition) is 6. The molecular formula is C27H27N5O3. The molecule has 35 heavy (non-hydrogen) atoms. The molecule has 3 aromatic heterocycles. The first-order valence-electron chi connectivity index (χ1n) is 11.6. The zero-order chi connectivity index (χ0) is 24.7. The molecule has 1 aliphatic rings. The molecule has 1 fully saturated rings. The van der Waals surface area contributed by atoms with Crippen molar-refractivity contribution >= 4 is 23.1 Å². The quantitative estimate of drug-likeness (QED) is 0.437. The Morgan fingerprint density at radius 2 is 1.89 bits per heavy atom. The summed E-state index contributed by atoms with van der Waals surface area (Å²) in [5.41, 5.74) is 4.57. The number of nitrogens with one attached hydrogen (secondary N) is 1. The summed E-state index contributed by atoms with van der Waals surface area (Å²) >= 11 is 0. The van der Waals surface area contributed by atoms with Crippen LogP contribution in [0, 0.1) is 13.8 Å². The lowest BCUT2D eigenvalue weighted by molar-refractivity contribution is 0.0698. The minimum atomic E-state index is -0.998. The van der Waals surface area contributed by atoms with Crippen LogP contribution in [0.25, 0.3) is 5.65 Å². The molecular weight excluding hydrogens is 442 g/mol. The molecule has 1 aromatic carbocycles. The minimum Gasteiger partial charge on any atom is -0.478 e. The van der Waals surface area contributed by atoms with Crippen LogP contribution < -0.4 is 15.8 Å². The van der Waals surface area contributed by atoms with Crippen molar-refractivity contribution in [2.45, 2.75) is 32.7 Å². The van der Waals surface area contributed by atoms with Crippen LogP contribution in [0.3, 0.4) is 0 Å². The van der Waals surface area contributed by atoms with E-state index in [2.05, 4.69) is 15.2 Å². The monoisotopic (exact) mass is 469 g/mol. The van der Waals surface area contributed by atoms with Crippen LogP contribution in [0.5, 0.6) is 0 Å². The Bertz CT molecular complexity index is 1480. The van der Waals surface area contributed by atoms with E-state index in [4.69, 9.17) is 4.98 Å². The predicted octanol–water partition coefficient (Wildman–Crippen LogP) is 4.18. The number of aromatic nitrogens is 3. The average molecular weight is 470 g/mol. The van der Waals surface area contributed by atoms with Gasteiger partial charge in [0.05, 0.1) is 17.2 Å². The van der Waals surface area contributed by atoms with E-state index in [1.807, 2.05) is 45.0 Å². The molecule has 0 unspecified atom stereocenters. The number of aryl methyl sites for hydroxylation is 1. The minimum absolute atomic E-state index is 0.102. The third-order valence-corrected chi connectivity index (χ3v) is 6.57. The third-order valence-electron chi connectivity index (χ3n) is 6.57. The molecule has 178 valence electrons. The molecule has 1 aliphatic heterocycles. The van der Waals surface area contributed by atoms with Crippen LogP contribution in [-0.4, -0.2) is 38.5 Å². The van der Waals surface area contributed by atoms with Crippen molar-refractivity contribution in [3.8, 4) is 0 Å². The molecule has 4 aromatic rings. The van der Waals surface area contributed by atoms with E-state index in [1.165, 1.54) is 0 Å². The molecule has 0 saturated carbocycles. The molecule has 2 N–H and O–H groups in total. The maximum atomic E-state index is 13.4. The van der Waals surface area contributed by atoms with Gasteiger partial charge in [0.15, 0.2) is 0 Å². The Kier molecular flexibility index (Phi) is 5.72. The van der Waals surface area contributed by atoms with Crippen LogP contribution in [0.4, 0.5) is 11.5 Å². The number of nitrogens with zero attached hydrogens (tertiary/aromatic N) is 4. The summed E-state index contributed by atoms with van der Waals surface area (Å²) in [5, 5.41) is 12.9. The highest BCUT2D eigenvalue weighted by molar-refractivity contribution is 5.94. The number of anilines is 2. The van der Waals surface area contributed by atoms with Gasteiger partial charge in [-0.05, 0) is 56.7 Å². The molecule has 4 heterocycles. The Hall–Kier alpha value is -4.20.